The van der Waals surface area contributed by atoms with Crippen molar-refractivity contribution in [3.8, 4) is 5.69 Å². The highest BCUT2D eigenvalue weighted by Gasteiger charge is 2.35. The SMILES string of the molecule is COC(=O)C1=C(C)N(C)C(=O)/C1=C\c1cc(C)n(-c2ccccc2Cl)c1C. The van der Waals surface area contributed by atoms with Crippen LogP contribution in [0.4, 0.5) is 0 Å². The summed E-state index contributed by atoms with van der Waals surface area (Å²) in [6, 6.07) is 9.56. The number of aromatic nitrogens is 1. The van der Waals surface area contributed by atoms with Gasteiger partial charge in [0.15, 0.2) is 0 Å². The summed E-state index contributed by atoms with van der Waals surface area (Å²) in [5, 5.41) is 0.640. The number of para-hydroxylation sites is 1. The van der Waals surface area contributed by atoms with Crippen molar-refractivity contribution in [3.05, 3.63) is 69.1 Å². The molecule has 140 valence electrons. The van der Waals surface area contributed by atoms with Crippen molar-refractivity contribution in [2.75, 3.05) is 14.2 Å². The van der Waals surface area contributed by atoms with Crippen molar-refractivity contribution >= 4 is 29.6 Å². The molecule has 0 spiro atoms. The molecule has 1 amide bonds. The molecule has 2 aromatic rings. The third kappa shape index (κ3) is 3.08. The fourth-order valence-corrected chi connectivity index (χ4v) is 3.61. The van der Waals surface area contributed by atoms with Gasteiger partial charge in [0.2, 0.25) is 0 Å². The molecule has 0 saturated heterocycles. The van der Waals surface area contributed by atoms with Crippen LogP contribution in [0.25, 0.3) is 11.8 Å². The summed E-state index contributed by atoms with van der Waals surface area (Å²) in [5.74, 6) is -0.744. The molecule has 0 saturated carbocycles. The Morgan fingerprint density at radius 2 is 1.85 bits per heavy atom. The number of ether oxygens (including phenoxy) is 1. The van der Waals surface area contributed by atoms with Crippen LogP contribution < -0.4 is 0 Å². The van der Waals surface area contributed by atoms with Crippen LogP contribution in [-0.4, -0.2) is 35.5 Å². The monoisotopic (exact) mass is 384 g/mol. The van der Waals surface area contributed by atoms with Gasteiger partial charge in [-0.1, -0.05) is 23.7 Å². The van der Waals surface area contributed by atoms with Gasteiger partial charge in [0.1, 0.15) is 0 Å². The second-order valence-corrected chi connectivity index (χ2v) is 6.89. The molecule has 1 aliphatic heterocycles. The Labute approximate surface area is 163 Å². The van der Waals surface area contributed by atoms with Crippen LogP contribution in [0.1, 0.15) is 23.9 Å². The Morgan fingerprint density at radius 1 is 1.19 bits per heavy atom. The van der Waals surface area contributed by atoms with E-state index in [1.165, 1.54) is 12.0 Å². The van der Waals surface area contributed by atoms with Gasteiger partial charge in [0.25, 0.3) is 5.91 Å². The Balaban J connectivity index is 2.16. The molecule has 27 heavy (non-hydrogen) atoms. The van der Waals surface area contributed by atoms with Crippen LogP contribution in [0.2, 0.25) is 5.02 Å². The van der Waals surface area contributed by atoms with E-state index < -0.39 is 5.97 Å². The number of carbonyl (C=O) groups is 2. The first-order valence-corrected chi connectivity index (χ1v) is 8.88. The molecule has 0 bridgehead atoms. The van der Waals surface area contributed by atoms with Crippen LogP contribution in [0.15, 0.2) is 47.2 Å². The van der Waals surface area contributed by atoms with Crippen molar-refractivity contribution < 1.29 is 14.3 Å². The number of likely N-dealkylation sites (N-methyl/N-ethyl adjacent to an activating group) is 1. The minimum Gasteiger partial charge on any atom is -0.465 e. The van der Waals surface area contributed by atoms with Gasteiger partial charge in [-0.15, -0.1) is 0 Å². The van der Waals surface area contributed by atoms with Crippen LogP contribution in [-0.2, 0) is 14.3 Å². The zero-order valence-electron chi connectivity index (χ0n) is 16.0. The van der Waals surface area contributed by atoms with Gasteiger partial charge in [-0.25, -0.2) is 4.79 Å². The second-order valence-electron chi connectivity index (χ2n) is 6.49. The summed E-state index contributed by atoms with van der Waals surface area (Å²) in [6.07, 6.45) is 1.75. The van der Waals surface area contributed by atoms with Crippen molar-refractivity contribution in [1.29, 1.82) is 0 Å². The highest BCUT2D eigenvalue weighted by atomic mass is 35.5. The van der Waals surface area contributed by atoms with E-state index in [2.05, 4.69) is 0 Å². The molecule has 3 rings (SSSR count). The number of hydrogen-bond donors (Lipinski definition) is 0. The summed E-state index contributed by atoms with van der Waals surface area (Å²) in [5.41, 5.74) is 4.84. The van der Waals surface area contributed by atoms with E-state index in [4.69, 9.17) is 16.3 Å². The number of methoxy groups -OCH3 is 1. The minimum atomic E-state index is -0.517. The molecular weight excluding hydrogens is 364 g/mol. The zero-order valence-corrected chi connectivity index (χ0v) is 16.7. The van der Waals surface area contributed by atoms with Gasteiger partial charge in [-0.3, -0.25) is 4.79 Å². The molecule has 5 nitrogen and oxygen atoms in total. The number of aryl methyl sites for hydroxylation is 1. The lowest BCUT2D eigenvalue weighted by Gasteiger charge is -2.11. The third-order valence-corrected chi connectivity index (χ3v) is 5.24. The molecule has 2 heterocycles. The van der Waals surface area contributed by atoms with Crippen LogP contribution in [0, 0.1) is 13.8 Å². The lowest BCUT2D eigenvalue weighted by Crippen LogP contribution is -2.19. The Morgan fingerprint density at radius 3 is 2.48 bits per heavy atom. The highest BCUT2D eigenvalue weighted by Crippen LogP contribution is 2.33. The number of rotatable bonds is 3. The van der Waals surface area contributed by atoms with E-state index in [1.54, 1.807) is 20.0 Å². The molecule has 1 aromatic heterocycles. The lowest BCUT2D eigenvalue weighted by atomic mass is 10.0. The number of carbonyl (C=O) groups excluding carboxylic acids is 2. The Bertz CT molecular complexity index is 1010. The maximum atomic E-state index is 12.7. The van der Waals surface area contributed by atoms with Gasteiger partial charge in [-0.05, 0) is 50.6 Å². The van der Waals surface area contributed by atoms with Gasteiger partial charge < -0.3 is 14.2 Å². The van der Waals surface area contributed by atoms with Crippen molar-refractivity contribution in [2.45, 2.75) is 20.8 Å². The minimum absolute atomic E-state index is 0.226. The zero-order chi connectivity index (χ0) is 19.9. The second kappa shape index (κ2) is 7.08. The number of esters is 1. The van der Waals surface area contributed by atoms with Gasteiger partial charge in [-0.2, -0.15) is 0 Å². The average molecular weight is 385 g/mol. The van der Waals surface area contributed by atoms with Gasteiger partial charge in [0, 0.05) is 24.1 Å². The molecule has 0 fully saturated rings. The predicted molar refractivity (Wildman–Crippen MR) is 106 cm³/mol. The average Bonchev–Trinajstić information content (AvgIpc) is 3.03. The molecule has 0 radical (unpaired) electrons. The number of benzene rings is 1. The van der Waals surface area contributed by atoms with E-state index in [1.807, 2.05) is 48.7 Å². The van der Waals surface area contributed by atoms with E-state index in [0.717, 1.165) is 22.6 Å². The fraction of sp³-hybridized carbons (Fsp3) is 0.238. The largest absolute Gasteiger partial charge is 0.465 e. The fourth-order valence-electron chi connectivity index (χ4n) is 3.39. The highest BCUT2D eigenvalue weighted by molar-refractivity contribution is 6.32. The van der Waals surface area contributed by atoms with Gasteiger partial charge in [0.05, 0.1) is 29.0 Å². The summed E-state index contributed by atoms with van der Waals surface area (Å²) in [6.45, 7) is 5.67. The molecule has 0 N–H and O–H groups in total. The third-order valence-electron chi connectivity index (χ3n) is 4.92. The molecule has 0 aliphatic carbocycles. The lowest BCUT2D eigenvalue weighted by molar-refractivity contribution is -0.136. The Hall–Kier alpha value is -2.79. The number of halogens is 1. The number of hydrogen-bond acceptors (Lipinski definition) is 3. The standard InChI is InChI=1S/C21H21ClN2O3/c1-12-10-15(13(2)24(12)18-9-7-6-8-17(18)22)11-16-19(21(26)27-5)14(3)23(4)20(16)25/h6-11H,1-5H3/b16-11-. The summed E-state index contributed by atoms with van der Waals surface area (Å²) in [4.78, 5) is 26.3. The predicted octanol–water partition coefficient (Wildman–Crippen LogP) is 4.05. The molecule has 1 aliphatic rings. The number of nitrogens with zero attached hydrogens (tertiary/aromatic N) is 2. The maximum absolute atomic E-state index is 12.7. The Kier molecular flexibility index (Phi) is 4.98. The first kappa shape index (κ1) is 19.0. The van der Waals surface area contributed by atoms with Crippen LogP contribution in [0.3, 0.4) is 0 Å². The van der Waals surface area contributed by atoms with Gasteiger partial charge >= 0.3 is 5.97 Å². The first-order chi connectivity index (χ1) is 12.8. The van der Waals surface area contributed by atoms with Crippen LogP contribution >= 0.6 is 11.6 Å². The molecule has 6 heteroatoms. The van der Waals surface area contributed by atoms with Crippen molar-refractivity contribution in [2.24, 2.45) is 0 Å². The van der Waals surface area contributed by atoms with Crippen molar-refractivity contribution in [1.82, 2.24) is 9.47 Å². The molecular formula is C21H21ClN2O3. The molecule has 0 atom stereocenters. The molecule has 1 aromatic carbocycles. The summed E-state index contributed by atoms with van der Waals surface area (Å²) < 4.78 is 6.91. The van der Waals surface area contributed by atoms with Crippen molar-refractivity contribution in [3.63, 3.8) is 0 Å². The normalized spacial score (nSPS) is 15.9. The smallest absolute Gasteiger partial charge is 0.340 e. The number of amides is 1. The van der Waals surface area contributed by atoms with E-state index in [-0.39, 0.29) is 5.91 Å². The summed E-state index contributed by atoms with van der Waals surface area (Å²) in [7, 11) is 2.96. The topological polar surface area (TPSA) is 51.5 Å². The van der Waals surface area contributed by atoms with E-state index in [0.29, 0.717) is 21.9 Å². The van der Waals surface area contributed by atoms with E-state index in [9.17, 15) is 9.59 Å². The quantitative estimate of drug-likeness (QED) is 0.592. The number of allylic oxidation sites excluding steroid dienone is 1. The van der Waals surface area contributed by atoms with Crippen LogP contribution in [0.5, 0.6) is 0 Å². The first-order valence-electron chi connectivity index (χ1n) is 8.51. The maximum Gasteiger partial charge on any atom is 0.340 e. The molecule has 0 unspecified atom stereocenters. The van der Waals surface area contributed by atoms with E-state index >= 15 is 0 Å². The summed E-state index contributed by atoms with van der Waals surface area (Å²) >= 11 is 6.36.